The number of carbonyl (C=O) groups is 3. The molecule has 0 spiro atoms. The third-order valence-electron chi connectivity index (χ3n) is 4.73. The normalized spacial score (nSPS) is 14.5. The molecule has 1 aliphatic rings. The van der Waals surface area contributed by atoms with E-state index in [2.05, 4.69) is 5.32 Å². The minimum absolute atomic E-state index is 0.0149. The number of amides is 3. The van der Waals surface area contributed by atoms with Gasteiger partial charge in [0.2, 0.25) is 11.8 Å². The molecule has 0 bridgehead atoms. The molecule has 0 atom stereocenters. The first-order chi connectivity index (χ1) is 13.4. The van der Waals surface area contributed by atoms with E-state index in [-0.39, 0.29) is 36.2 Å². The predicted molar refractivity (Wildman–Crippen MR) is 102 cm³/mol. The predicted octanol–water partition coefficient (Wildman–Crippen LogP) is 2.30. The highest BCUT2D eigenvalue weighted by Crippen LogP contribution is 2.12. The van der Waals surface area contributed by atoms with E-state index in [9.17, 15) is 18.8 Å². The molecule has 8 heteroatoms. The molecular formula is C20H28FN3O4. The Bertz CT molecular complexity index is 673. The van der Waals surface area contributed by atoms with Crippen molar-refractivity contribution in [1.29, 1.82) is 0 Å². The van der Waals surface area contributed by atoms with Crippen molar-refractivity contribution in [1.82, 2.24) is 15.1 Å². The van der Waals surface area contributed by atoms with E-state index in [1.165, 1.54) is 19.1 Å². The zero-order valence-corrected chi connectivity index (χ0v) is 16.4. The summed E-state index contributed by atoms with van der Waals surface area (Å²) in [5.41, 5.74) is 0.809. The second-order valence-corrected chi connectivity index (χ2v) is 6.84. The van der Waals surface area contributed by atoms with Crippen LogP contribution in [-0.4, -0.2) is 60.0 Å². The van der Waals surface area contributed by atoms with Gasteiger partial charge in [-0.2, -0.15) is 0 Å². The van der Waals surface area contributed by atoms with Crippen LogP contribution in [0.4, 0.5) is 9.18 Å². The summed E-state index contributed by atoms with van der Waals surface area (Å²) in [6.45, 7) is 5.29. The highest BCUT2D eigenvalue weighted by Gasteiger charge is 2.24. The van der Waals surface area contributed by atoms with Crippen LogP contribution in [0.2, 0.25) is 0 Å². The Morgan fingerprint density at radius 3 is 2.43 bits per heavy atom. The third-order valence-corrected chi connectivity index (χ3v) is 4.73. The molecule has 0 aromatic heterocycles. The number of benzene rings is 1. The Balaban J connectivity index is 1.75. The number of likely N-dealkylation sites (tertiary alicyclic amines) is 1. The molecule has 0 saturated carbocycles. The van der Waals surface area contributed by atoms with Crippen LogP contribution in [0.1, 0.15) is 38.7 Å². The zero-order valence-electron chi connectivity index (χ0n) is 16.4. The van der Waals surface area contributed by atoms with Gasteiger partial charge in [-0.15, -0.1) is 0 Å². The van der Waals surface area contributed by atoms with Gasteiger partial charge in [0.15, 0.2) is 0 Å². The van der Waals surface area contributed by atoms with Crippen molar-refractivity contribution in [3.8, 4) is 0 Å². The molecule has 1 aromatic rings. The van der Waals surface area contributed by atoms with Gasteiger partial charge in [0.1, 0.15) is 5.82 Å². The van der Waals surface area contributed by atoms with Crippen LogP contribution in [0.3, 0.4) is 0 Å². The Kier molecular flexibility index (Phi) is 8.22. The second-order valence-electron chi connectivity index (χ2n) is 6.84. The molecule has 1 fully saturated rings. The van der Waals surface area contributed by atoms with Gasteiger partial charge in [-0.05, 0) is 37.5 Å². The minimum Gasteiger partial charge on any atom is -0.450 e. The van der Waals surface area contributed by atoms with Crippen LogP contribution < -0.4 is 5.32 Å². The number of hydrogen-bond donors (Lipinski definition) is 1. The molecule has 1 heterocycles. The van der Waals surface area contributed by atoms with E-state index >= 15 is 0 Å². The molecule has 7 nitrogen and oxygen atoms in total. The Morgan fingerprint density at radius 1 is 1.21 bits per heavy atom. The van der Waals surface area contributed by atoms with Crippen molar-refractivity contribution in [3.05, 3.63) is 35.6 Å². The first kappa shape index (κ1) is 21.7. The van der Waals surface area contributed by atoms with Gasteiger partial charge in [0, 0.05) is 45.6 Å². The first-order valence-electron chi connectivity index (χ1n) is 9.60. The molecule has 154 valence electrons. The second kappa shape index (κ2) is 10.6. The van der Waals surface area contributed by atoms with Crippen molar-refractivity contribution in [2.24, 2.45) is 0 Å². The maximum atomic E-state index is 13.0. The molecule has 2 rings (SSSR count). The lowest BCUT2D eigenvalue weighted by molar-refractivity contribution is -0.130. The third kappa shape index (κ3) is 6.83. The number of piperidine rings is 1. The van der Waals surface area contributed by atoms with E-state index in [0.29, 0.717) is 45.6 Å². The van der Waals surface area contributed by atoms with Gasteiger partial charge in [0.05, 0.1) is 6.61 Å². The molecule has 0 unspecified atom stereocenters. The van der Waals surface area contributed by atoms with E-state index in [1.807, 2.05) is 0 Å². The fourth-order valence-corrected chi connectivity index (χ4v) is 3.12. The minimum atomic E-state index is -0.327. The summed E-state index contributed by atoms with van der Waals surface area (Å²) < 4.78 is 18.0. The fourth-order valence-electron chi connectivity index (χ4n) is 3.12. The number of halogens is 1. The average Bonchev–Trinajstić information content (AvgIpc) is 2.67. The van der Waals surface area contributed by atoms with E-state index < -0.39 is 0 Å². The summed E-state index contributed by atoms with van der Waals surface area (Å²) in [4.78, 5) is 39.0. The summed E-state index contributed by atoms with van der Waals surface area (Å²) in [6, 6.07) is 5.97. The van der Waals surface area contributed by atoms with Gasteiger partial charge >= 0.3 is 6.09 Å². The van der Waals surface area contributed by atoms with Gasteiger partial charge in [-0.1, -0.05) is 12.1 Å². The van der Waals surface area contributed by atoms with Gasteiger partial charge in [-0.25, -0.2) is 9.18 Å². The molecule has 0 radical (unpaired) electrons. The van der Waals surface area contributed by atoms with Crippen molar-refractivity contribution < 1.29 is 23.5 Å². The summed E-state index contributed by atoms with van der Waals surface area (Å²) in [5.74, 6) is -0.591. The molecule has 1 aromatic carbocycles. The lowest BCUT2D eigenvalue weighted by Gasteiger charge is -2.31. The molecule has 0 aliphatic carbocycles. The number of ether oxygens (including phenoxy) is 1. The summed E-state index contributed by atoms with van der Waals surface area (Å²) in [5, 5.41) is 2.97. The van der Waals surface area contributed by atoms with Crippen LogP contribution in [0.5, 0.6) is 0 Å². The summed E-state index contributed by atoms with van der Waals surface area (Å²) in [7, 11) is 0. The van der Waals surface area contributed by atoms with Crippen LogP contribution in [0, 0.1) is 5.82 Å². The van der Waals surface area contributed by atoms with Crippen molar-refractivity contribution in [2.45, 2.75) is 45.7 Å². The molecule has 3 amide bonds. The van der Waals surface area contributed by atoms with Crippen LogP contribution in [0.25, 0.3) is 0 Å². The Labute approximate surface area is 164 Å². The van der Waals surface area contributed by atoms with E-state index in [0.717, 1.165) is 5.56 Å². The van der Waals surface area contributed by atoms with Crippen molar-refractivity contribution in [2.75, 3.05) is 26.2 Å². The van der Waals surface area contributed by atoms with Crippen molar-refractivity contribution >= 4 is 17.9 Å². The van der Waals surface area contributed by atoms with Crippen LogP contribution >= 0.6 is 0 Å². The molecule has 1 saturated heterocycles. The van der Waals surface area contributed by atoms with Crippen molar-refractivity contribution in [3.63, 3.8) is 0 Å². The number of nitrogens with zero attached hydrogens (tertiary/aromatic N) is 2. The highest BCUT2D eigenvalue weighted by atomic mass is 19.1. The Morgan fingerprint density at radius 2 is 1.86 bits per heavy atom. The molecule has 28 heavy (non-hydrogen) atoms. The lowest BCUT2D eigenvalue weighted by atomic mass is 10.1. The topological polar surface area (TPSA) is 79.0 Å². The lowest BCUT2D eigenvalue weighted by Crippen LogP contribution is -2.47. The number of nitrogens with one attached hydrogen (secondary N) is 1. The molecule has 1 aliphatic heterocycles. The van der Waals surface area contributed by atoms with Crippen LogP contribution in [-0.2, 0) is 20.9 Å². The van der Waals surface area contributed by atoms with E-state index in [4.69, 9.17) is 4.74 Å². The largest absolute Gasteiger partial charge is 0.450 e. The Hall–Kier alpha value is -2.64. The smallest absolute Gasteiger partial charge is 0.409 e. The van der Waals surface area contributed by atoms with Gasteiger partial charge in [-0.3, -0.25) is 9.59 Å². The standard InChI is InChI=1S/C20H28FN3O4/c1-3-28-20(27)23-11-8-18(9-12-23)22-19(26)10-13-24(15(2)25)14-16-4-6-17(21)7-5-16/h4-7,18H,3,8-14H2,1-2H3,(H,22,26). The van der Waals surface area contributed by atoms with Gasteiger partial charge in [0.25, 0.3) is 0 Å². The van der Waals surface area contributed by atoms with Gasteiger partial charge < -0.3 is 19.9 Å². The number of rotatable bonds is 7. The first-order valence-corrected chi connectivity index (χ1v) is 9.60. The summed E-state index contributed by atoms with van der Waals surface area (Å²) >= 11 is 0. The average molecular weight is 393 g/mol. The fraction of sp³-hybridized carbons (Fsp3) is 0.550. The maximum absolute atomic E-state index is 13.0. The SMILES string of the molecule is CCOC(=O)N1CCC(NC(=O)CCN(Cc2ccc(F)cc2)C(C)=O)CC1. The monoisotopic (exact) mass is 393 g/mol. The van der Waals surface area contributed by atoms with E-state index in [1.54, 1.807) is 28.9 Å². The van der Waals surface area contributed by atoms with Crippen LogP contribution in [0.15, 0.2) is 24.3 Å². The zero-order chi connectivity index (χ0) is 20.5. The maximum Gasteiger partial charge on any atom is 0.409 e. The number of carbonyl (C=O) groups excluding carboxylic acids is 3. The highest BCUT2D eigenvalue weighted by molar-refractivity contribution is 5.78. The molecule has 1 N–H and O–H groups in total. The summed E-state index contributed by atoms with van der Waals surface area (Å²) in [6.07, 6.45) is 1.23. The molecular weight excluding hydrogens is 365 g/mol. The number of hydrogen-bond acceptors (Lipinski definition) is 4. The quantitative estimate of drug-likeness (QED) is 0.771.